The first kappa shape index (κ1) is 17.1. The number of likely N-dealkylation sites (tertiary alicyclic amines) is 1. The Morgan fingerprint density at radius 2 is 1.52 bits per heavy atom. The molecule has 27 heavy (non-hydrogen) atoms. The third-order valence-corrected chi connectivity index (χ3v) is 4.93. The molecule has 0 radical (unpaired) electrons. The van der Waals surface area contributed by atoms with Gasteiger partial charge in [0.25, 0.3) is 0 Å². The van der Waals surface area contributed by atoms with Crippen LogP contribution < -0.4 is 10.6 Å². The Labute approximate surface area is 157 Å². The van der Waals surface area contributed by atoms with Gasteiger partial charge in [0, 0.05) is 13.1 Å². The summed E-state index contributed by atoms with van der Waals surface area (Å²) in [5, 5.41) is 5.57. The van der Waals surface area contributed by atoms with Crippen LogP contribution in [0.1, 0.15) is 17.2 Å². The van der Waals surface area contributed by atoms with Crippen LogP contribution in [0.2, 0.25) is 0 Å². The minimum atomic E-state index is -0.378. The summed E-state index contributed by atoms with van der Waals surface area (Å²) in [5.74, 6) is -0.239. The normalized spacial score (nSPS) is 17.1. The summed E-state index contributed by atoms with van der Waals surface area (Å²) in [5.41, 5.74) is 1.98. The van der Waals surface area contributed by atoms with Gasteiger partial charge in [-0.15, -0.1) is 0 Å². The number of carbonyl (C=O) groups is 3. The molecule has 0 spiro atoms. The van der Waals surface area contributed by atoms with Crippen LogP contribution in [0.25, 0.3) is 0 Å². The fraction of sp³-hybridized carbons (Fsp3) is 0.250. The molecule has 0 aromatic heterocycles. The molecule has 2 saturated heterocycles. The minimum absolute atomic E-state index is 0.0334. The lowest BCUT2D eigenvalue weighted by Gasteiger charge is -2.42. The summed E-state index contributed by atoms with van der Waals surface area (Å²) in [4.78, 5) is 39.0. The van der Waals surface area contributed by atoms with E-state index in [1.54, 1.807) is 4.90 Å². The quantitative estimate of drug-likeness (QED) is 0.811. The van der Waals surface area contributed by atoms with Gasteiger partial charge in [-0.2, -0.15) is 0 Å². The second-order valence-electron chi connectivity index (χ2n) is 6.69. The minimum Gasteiger partial charge on any atom is -0.329 e. The van der Waals surface area contributed by atoms with E-state index in [0.717, 1.165) is 11.1 Å². The van der Waals surface area contributed by atoms with Crippen molar-refractivity contribution >= 4 is 18.0 Å². The van der Waals surface area contributed by atoms with Crippen LogP contribution in [0.15, 0.2) is 60.7 Å². The van der Waals surface area contributed by atoms with E-state index in [-0.39, 0.29) is 36.6 Å². The molecule has 2 fully saturated rings. The summed E-state index contributed by atoms with van der Waals surface area (Å²) in [7, 11) is 0. The Bertz CT molecular complexity index is 795. The Balaban J connectivity index is 1.44. The number of nitrogens with zero attached hydrogens (tertiary/aromatic N) is 2. The van der Waals surface area contributed by atoms with Gasteiger partial charge in [0.1, 0.15) is 0 Å². The predicted octanol–water partition coefficient (Wildman–Crippen LogP) is 1.72. The van der Waals surface area contributed by atoms with Gasteiger partial charge < -0.3 is 15.5 Å². The molecule has 4 rings (SSSR count). The maximum atomic E-state index is 12.7. The molecule has 2 heterocycles. The van der Waals surface area contributed by atoms with E-state index in [2.05, 4.69) is 10.6 Å². The maximum absolute atomic E-state index is 12.7. The van der Waals surface area contributed by atoms with Crippen LogP contribution in [0, 0.1) is 0 Å². The van der Waals surface area contributed by atoms with E-state index in [0.29, 0.717) is 13.1 Å². The SMILES string of the molecule is O=C(NC(c1ccccc1)c1ccccc1)N1CC(N2C(=O)CNC2=O)C1. The number of nitrogens with one attached hydrogen (secondary N) is 2. The summed E-state index contributed by atoms with van der Waals surface area (Å²) in [6, 6.07) is 18.4. The van der Waals surface area contributed by atoms with Crippen LogP contribution >= 0.6 is 0 Å². The van der Waals surface area contributed by atoms with Gasteiger partial charge in [0.05, 0.1) is 18.6 Å². The lowest BCUT2D eigenvalue weighted by molar-refractivity contribution is -0.128. The van der Waals surface area contributed by atoms with E-state index in [9.17, 15) is 14.4 Å². The van der Waals surface area contributed by atoms with Gasteiger partial charge in [0.2, 0.25) is 5.91 Å². The number of amides is 5. The molecule has 0 saturated carbocycles. The third kappa shape index (κ3) is 3.36. The Kier molecular flexibility index (Phi) is 4.50. The highest BCUT2D eigenvalue weighted by molar-refractivity contribution is 6.02. The summed E-state index contributed by atoms with van der Waals surface area (Å²) in [6.45, 7) is 0.730. The molecule has 2 aromatic rings. The summed E-state index contributed by atoms with van der Waals surface area (Å²) >= 11 is 0. The maximum Gasteiger partial charge on any atom is 0.324 e. The van der Waals surface area contributed by atoms with Crippen LogP contribution in [0.3, 0.4) is 0 Å². The molecule has 5 amide bonds. The fourth-order valence-electron chi connectivity index (χ4n) is 3.45. The van der Waals surface area contributed by atoms with E-state index in [1.165, 1.54) is 4.90 Å². The zero-order chi connectivity index (χ0) is 18.8. The first-order valence-electron chi connectivity index (χ1n) is 8.88. The van der Waals surface area contributed by atoms with Crippen LogP contribution in [-0.4, -0.2) is 53.4 Å². The number of imide groups is 1. The fourth-order valence-corrected chi connectivity index (χ4v) is 3.45. The molecule has 0 bridgehead atoms. The molecule has 0 atom stereocenters. The Morgan fingerprint density at radius 3 is 2.00 bits per heavy atom. The molecular formula is C20H20N4O3. The number of rotatable bonds is 4. The molecule has 0 aliphatic carbocycles. The molecule has 7 nitrogen and oxygen atoms in total. The van der Waals surface area contributed by atoms with Crippen LogP contribution in [0.5, 0.6) is 0 Å². The van der Waals surface area contributed by atoms with Gasteiger partial charge in [-0.05, 0) is 11.1 Å². The van der Waals surface area contributed by atoms with Gasteiger partial charge in [-0.25, -0.2) is 9.59 Å². The highest BCUT2D eigenvalue weighted by atomic mass is 16.2. The Hall–Kier alpha value is -3.35. The number of urea groups is 2. The van der Waals surface area contributed by atoms with Crippen LogP contribution in [0.4, 0.5) is 9.59 Å². The van der Waals surface area contributed by atoms with Gasteiger partial charge in [0.15, 0.2) is 0 Å². The van der Waals surface area contributed by atoms with Gasteiger partial charge >= 0.3 is 12.1 Å². The van der Waals surface area contributed by atoms with Crippen LogP contribution in [-0.2, 0) is 4.79 Å². The van der Waals surface area contributed by atoms with Gasteiger partial charge in [-0.3, -0.25) is 9.69 Å². The zero-order valence-corrected chi connectivity index (χ0v) is 14.7. The average Bonchev–Trinajstić information content (AvgIpc) is 2.99. The summed E-state index contributed by atoms with van der Waals surface area (Å²) < 4.78 is 0. The molecule has 2 aliphatic rings. The first-order valence-corrected chi connectivity index (χ1v) is 8.88. The number of hydrogen-bond acceptors (Lipinski definition) is 3. The lowest BCUT2D eigenvalue weighted by atomic mass is 9.99. The highest BCUT2D eigenvalue weighted by Crippen LogP contribution is 2.24. The molecule has 0 unspecified atom stereocenters. The number of carbonyl (C=O) groups excluding carboxylic acids is 3. The Morgan fingerprint density at radius 1 is 0.963 bits per heavy atom. The van der Waals surface area contributed by atoms with Crippen molar-refractivity contribution in [2.24, 2.45) is 0 Å². The highest BCUT2D eigenvalue weighted by Gasteiger charge is 2.43. The molecule has 2 aliphatic heterocycles. The van der Waals surface area contributed by atoms with Crippen molar-refractivity contribution in [2.45, 2.75) is 12.1 Å². The number of hydrogen-bond donors (Lipinski definition) is 2. The van der Waals surface area contributed by atoms with E-state index in [1.807, 2.05) is 60.7 Å². The summed E-state index contributed by atoms with van der Waals surface area (Å²) in [6.07, 6.45) is 0. The second kappa shape index (κ2) is 7.11. The molecular weight excluding hydrogens is 344 g/mol. The van der Waals surface area contributed by atoms with Crippen molar-refractivity contribution in [1.29, 1.82) is 0 Å². The lowest BCUT2D eigenvalue weighted by Crippen LogP contribution is -2.64. The van der Waals surface area contributed by atoms with Crippen molar-refractivity contribution in [3.05, 3.63) is 71.8 Å². The largest absolute Gasteiger partial charge is 0.329 e. The third-order valence-electron chi connectivity index (χ3n) is 4.93. The van der Waals surface area contributed by atoms with Crippen molar-refractivity contribution in [2.75, 3.05) is 19.6 Å². The van der Waals surface area contributed by atoms with E-state index in [4.69, 9.17) is 0 Å². The standard InChI is InChI=1S/C20H20N4O3/c25-17-11-21-19(26)24(17)16-12-23(13-16)20(27)22-18(14-7-3-1-4-8-14)15-9-5-2-6-10-15/h1-10,16,18H,11-13H2,(H,21,26)(H,22,27). The first-order chi connectivity index (χ1) is 13.1. The monoisotopic (exact) mass is 364 g/mol. The predicted molar refractivity (Wildman–Crippen MR) is 98.9 cm³/mol. The van der Waals surface area contributed by atoms with Crippen molar-refractivity contribution in [3.8, 4) is 0 Å². The average molecular weight is 364 g/mol. The topological polar surface area (TPSA) is 81.8 Å². The molecule has 7 heteroatoms. The van der Waals surface area contributed by atoms with Crippen molar-refractivity contribution in [3.63, 3.8) is 0 Å². The molecule has 2 aromatic carbocycles. The van der Waals surface area contributed by atoms with Crippen molar-refractivity contribution < 1.29 is 14.4 Å². The van der Waals surface area contributed by atoms with E-state index >= 15 is 0 Å². The van der Waals surface area contributed by atoms with Crippen molar-refractivity contribution in [1.82, 2.24) is 20.4 Å². The van der Waals surface area contributed by atoms with E-state index < -0.39 is 0 Å². The van der Waals surface area contributed by atoms with Gasteiger partial charge in [-0.1, -0.05) is 60.7 Å². The molecule has 138 valence electrons. The zero-order valence-electron chi connectivity index (χ0n) is 14.7. The number of benzene rings is 2. The second-order valence-corrected chi connectivity index (χ2v) is 6.69. The smallest absolute Gasteiger partial charge is 0.324 e. The molecule has 2 N–H and O–H groups in total.